The molecule has 33 heavy (non-hydrogen) atoms. The van der Waals surface area contributed by atoms with E-state index in [1.165, 1.54) is 17.6 Å². The fraction of sp³-hybridized carbons (Fsp3) is 0.273. The number of thiophene rings is 1. The van der Waals surface area contributed by atoms with Crippen molar-refractivity contribution in [1.29, 1.82) is 0 Å². The number of sulfone groups is 1. The van der Waals surface area contributed by atoms with Gasteiger partial charge in [0, 0.05) is 42.2 Å². The summed E-state index contributed by atoms with van der Waals surface area (Å²) in [4.78, 5) is 21.2. The molecule has 3 aromatic heterocycles. The first-order valence-corrected chi connectivity index (χ1v) is 13.0. The number of anilines is 2. The van der Waals surface area contributed by atoms with Gasteiger partial charge in [-0.05, 0) is 18.6 Å². The number of rotatable bonds is 4. The summed E-state index contributed by atoms with van der Waals surface area (Å²) in [7, 11) is -3.41. The van der Waals surface area contributed by atoms with Crippen LogP contribution in [0.2, 0.25) is 0 Å². The molecule has 0 unspecified atom stereocenters. The fourth-order valence-corrected chi connectivity index (χ4v) is 6.14. The molecule has 1 saturated heterocycles. The Labute approximate surface area is 195 Å². The van der Waals surface area contributed by atoms with E-state index in [0.29, 0.717) is 48.2 Å². The molecule has 4 heterocycles. The number of nitrogens with two attached hydrogens (primary N) is 1. The Kier molecular flexibility index (Phi) is 5.47. The minimum Gasteiger partial charge on any atom is -0.378 e. The summed E-state index contributed by atoms with van der Waals surface area (Å²) >= 11 is 1.51. The summed E-state index contributed by atoms with van der Waals surface area (Å²) in [5.41, 5.74) is 8.66. The number of morpholine rings is 1. The zero-order chi connectivity index (χ0) is 23.2. The van der Waals surface area contributed by atoms with E-state index < -0.39 is 9.84 Å². The van der Waals surface area contributed by atoms with Crippen LogP contribution in [0.4, 0.5) is 11.8 Å². The number of fused-ring (bicyclic) bond motifs is 1. The lowest BCUT2D eigenvalue weighted by Crippen LogP contribution is -2.36. The fourth-order valence-electron chi connectivity index (χ4n) is 3.88. The van der Waals surface area contributed by atoms with Crippen LogP contribution in [-0.4, -0.2) is 60.9 Å². The zero-order valence-electron chi connectivity index (χ0n) is 18.1. The lowest BCUT2D eigenvalue weighted by atomic mass is 10.1. The highest BCUT2D eigenvalue weighted by Crippen LogP contribution is 2.43. The Bertz CT molecular complexity index is 1450. The Morgan fingerprint density at radius 1 is 1.09 bits per heavy atom. The molecule has 2 N–H and O–H groups in total. The van der Waals surface area contributed by atoms with Crippen LogP contribution in [0.1, 0.15) is 5.56 Å². The molecule has 1 aliphatic rings. The van der Waals surface area contributed by atoms with E-state index in [2.05, 4.69) is 14.9 Å². The van der Waals surface area contributed by atoms with Crippen molar-refractivity contribution in [3.05, 3.63) is 42.2 Å². The van der Waals surface area contributed by atoms with Gasteiger partial charge >= 0.3 is 0 Å². The summed E-state index contributed by atoms with van der Waals surface area (Å²) in [5, 5.41) is 0. The predicted octanol–water partition coefficient (Wildman–Crippen LogP) is 2.95. The van der Waals surface area contributed by atoms with Crippen molar-refractivity contribution < 1.29 is 13.2 Å². The van der Waals surface area contributed by atoms with Gasteiger partial charge in [0.25, 0.3) is 0 Å². The Morgan fingerprint density at radius 2 is 1.79 bits per heavy atom. The van der Waals surface area contributed by atoms with E-state index >= 15 is 0 Å². The van der Waals surface area contributed by atoms with Crippen LogP contribution in [0.5, 0.6) is 0 Å². The van der Waals surface area contributed by atoms with Crippen molar-refractivity contribution in [2.45, 2.75) is 11.8 Å². The first kappa shape index (κ1) is 21.7. The van der Waals surface area contributed by atoms with Crippen molar-refractivity contribution in [2.24, 2.45) is 0 Å². The predicted molar refractivity (Wildman–Crippen MR) is 129 cm³/mol. The molecule has 0 radical (unpaired) electrons. The topological polar surface area (TPSA) is 124 Å². The molecule has 11 heteroatoms. The van der Waals surface area contributed by atoms with Crippen LogP contribution in [-0.2, 0) is 14.6 Å². The Balaban J connectivity index is 1.77. The van der Waals surface area contributed by atoms with Gasteiger partial charge in [0.1, 0.15) is 0 Å². The highest BCUT2D eigenvalue weighted by Gasteiger charge is 2.25. The zero-order valence-corrected chi connectivity index (χ0v) is 19.8. The van der Waals surface area contributed by atoms with Crippen molar-refractivity contribution >= 4 is 43.2 Å². The average Bonchev–Trinajstić information content (AvgIpc) is 3.15. The SMILES string of the molecule is Cc1c(-c2ccccc2S(C)(=O)=O)sc2c(N3CCOCC3)nc(-c3cnc(N)nc3)nc12. The second kappa shape index (κ2) is 8.32. The summed E-state index contributed by atoms with van der Waals surface area (Å²) in [5.74, 6) is 1.47. The summed E-state index contributed by atoms with van der Waals surface area (Å²) in [6.07, 6.45) is 4.44. The van der Waals surface area contributed by atoms with Crippen molar-refractivity contribution in [2.75, 3.05) is 43.2 Å². The maximum Gasteiger partial charge on any atom is 0.219 e. The molecule has 0 aliphatic carbocycles. The molecule has 4 aromatic rings. The summed E-state index contributed by atoms with van der Waals surface area (Å²) in [6, 6.07) is 7.06. The van der Waals surface area contributed by atoms with Crippen LogP contribution in [0.25, 0.3) is 32.0 Å². The van der Waals surface area contributed by atoms with Gasteiger partial charge in [-0.1, -0.05) is 18.2 Å². The molecule has 170 valence electrons. The molecule has 1 aliphatic heterocycles. The molecule has 1 aromatic carbocycles. The molecular formula is C22H22N6O3S2. The van der Waals surface area contributed by atoms with Gasteiger partial charge < -0.3 is 15.4 Å². The molecule has 0 spiro atoms. The minimum absolute atomic E-state index is 0.180. The molecule has 0 bridgehead atoms. The van der Waals surface area contributed by atoms with Gasteiger partial charge in [0.15, 0.2) is 21.5 Å². The summed E-state index contributed by atoms with van der Waals surface area (Å²) < 4.78 is 31.4. The van der Waals surface area contributed by atoms with Gasteiger partial charge in [-0.15, -0.1) is 11.3 Å². The molecule has 5 rings (SSSR count). The summed E-state index contributed by atoms with van der Waals surface area (Å²) in [6.45, 7) is 4.60. The average molecular weight is 483 g/mol. The highest BCUT2D eigenvalue weighted by molar-refractivity contribution is 7.90. The van der Waals surface area contributed by atoms with Crippen molar-refractivity contribution in [1.82, 2.24) is 19.9 Å². The number of aryl methyl sites for hydroxylation is 1. The lowest BCUT2D eigenvalue weighted by Gasteiger charge is -2.28. The second-order valence-electron chi connectivity index (χ2n) is 7.80. The number of nitrogen functional groups attached to an aromatic ring is 1. The first-order chi connectivity index (χ1) is 15.8. The number of hydrogen-bond acceptors (Lipinski definition) is 10. The maximum atomic E-state index is 12.5. The molecule has 1 fully saturated rings. The van der Waals surface area contributed by atoms with Crippen LogP contribution in [0.3, 0.4) is 0 Å². The number of aromatic nitrogens is 4. The molecular weight excluding hydrogens is 460 g/mol. The van der Waals surface area contributed by atoms with Gasteiger partial charge in [0.2, 0.25) is 5.95 Å². The van der Waals surface area contributed by atoms with E-state index in [4.69, 9.17) is 20.4 Å². The van der Waals surface area contributed by atoms with E-state index in [9.17, 15) is 8.42 Å². The smallest absolute Gasteiger partial charge is 0.219 e. The number of ether oxygens (including phenoxy) is 1. The monoisotopic (exact) mass is 482 g/mol. The van der Waals surface area contributed by atoms with Crippen molar-refractivity contribution in [3.63, 3.8) is 0 Å². The second-order valence-corrected chi connectivity index (χ2v) is 10.8. The van der Waals surface area contributed by atoms with E-state index in [1.807, 2.05) is 19.1 Å². The number of nitrogens with zero attached hydrogens (tertiary/aromatic N) is 5. The normalized spacial score (nSPS) is 14.7. The minimum atomic E-state index is -3.41. The van der Waals surface area contributed by atoms with Gasteiger partial charge in [-0.3, -0.25) is 0 Å². The number of benzene rings is 1. The highest BCUT2D eigenvalue weighted by atomic mass is 32.2. The van der Waals surface area contributed by atoms with Gasteiger partial charge in [-0.25, -0.2) is 28.4 Å². The standard InChI is InChI=1S/C22H22N6O3S2/c1-13-17-19(32-18(13)15-5-3-4-6-16(15)33(2,29)30)21(28-7-9-31-10-8-28)27-20(26-17)14-11-24-22(23)25-12-14/h3-6,11-12H,7-10H2,1-2H3,(H2,23,24,25). The third-order valence-electron chi connectivity index (χ3n) is 5.52. The molecule has 0 amide bonds. The van der Waals surface area contributed by atoms with Crippen LogP contribution >= 0.6 is 11.3 Å². The molecule has 0 saturated carbocycles. The van der Waals surface area contributed by atoms with E-state index in [0.717, 1.165) is 26.5 Å². The Morgan fingerprint density at radius 3 is 2.48 bits per heavy atom. The third kappa shape index (κ3) is 4.03. The Hall–Kier alpha value is -3.15. The van der Waals surface area contributed by atoms with Crippen LogP contribution in [0, 0.1) is 6.92 Å². The van der Waals surface area contributed by atoms with E-state index in [-0.39, 0.29) is 5.95 Å². The molecule has 0 atom stereocenters. The first-order valence-electron chi connectivity index (χ1n) is 10.3. The van der Waals surface area contributed by atoms with Crippen LogP contribution in [0.15, 0.2) is 41.6 Å². The van der Waals surface area contributed by atoms with Crippen molar-refractivity contribution in [3.8, 4) is 21.8 Å². The van der Waals surface area contributed by atoms with Gasteiger partial charge in [-0.2, -0.15) is 0 Å². The quantitative estimate of drug-likeness (QED) is 0.467. The maximum absolute atomic E-state index is 12.5. The number of hydrogen-bond donors (Lipinski definition) is 1. The lowest BCUT2D eigenvalue weighted by molar-refractivity contribution is 0.122. The molecule has 9 nitrogen and oxygen atoms in total. The van der Waals surface area contributed by atoms with E-state index in [1.54, 1.807) is 24.5 Å². The van der Waals surface area contributed by atoms with Gasteiger partial charge in [0.05, 0.1) is 33.9 Å². The largest absolute Gasteiger partial charge is 0.378 e. The third-order valence-corrected chi connectivity index (χ3v) is 7.98. The van der Waals surface area contributed by atoms with Crippen LogP contribution < -0.4 is 10.6 Å².